The molecule has 0 amide bonds. The number of rotatable bonds is 4. The molecule has 0 aromatic heterocycles. The molecule has 0 aliphatic carbocycles. The molecule has 0 spiro atoms. The van der Waals surface area contributed by atoms with Gasteiger partial charge in [0.2, 0.25) is 0 Å². The summed E-state index contributed by atoms with van der Waals surface area (Å²) in [7, 11) is -1.28. The number of hydrogen-bond acceptors (Lipinski definition) is 2. The van der Waals surface area contributed by atoms with Crippen molar-refractivity contribution in [3.8, 4) is 0 Å². The average Bonchev–Trinajstić information content (AvgIpc) is 1.88. The molecule has 2 nitrogen and oxygen atoms in total. The zero-order valence-electron chi connectivity index (χ0n) is 6.05. The van der Waals surface area contributed by atoms with E-state index in [1.807, 2.05) is 28.7 Å². The Morgan fingerprint density at radius 2 is 2.20 bits per heavy atom. The Labute approximate surface area is 75.6 Å². The third-order valence-corrected chi connectivity index (χ3v) is 2.14. The van der Waals surface area contributed by atoms with Crippen LogP contribution in [0.25, 0.3) is 0 Å². The minimum Gasteiger partial charge on any atom is -0.423 e. The van der Waals surface area contributed by atoms with Crippen molar-refractivity contribution in [1.29, 1.82) is 0 Å². The van der Waals surface area contributed by atoms with Crippen LogP contribution in [0.4, 0.5) is 0 Å². The van der Waals surface area contributed by atoms with E-state index in [9.17, 15) is 0 Å². The van der Waals surface area contributed by atoms with Gasteiger partial charge in [-0.25, -0.2) is 0 Å². The van der Waals surface area contributed by atoms with Crippen molar-refractivity contribution >= 4 is 29.7 Å². The topological polar surface area (TPSA) is 40.5 Å². The van der Waals surface area contributed by atoms with Gasteiger partial charge in [0, 0.05) is 3.48 Å². The van der Waals surface area contributed by atoms with Gasteiger partial charge in [-0.15, -0.1) is 0 Å². The fourth-order valence-electron chi connectivity index (χ4n) is 0.549. The molecule has 0 aromatic carbocycles. The van der Waals surface area contributed by atoms with E-state index in [1.165, 1.54) is 0 Å². The number of halogens is 1. The second-order valence-corrected chi connectivity index (χ2v) is 3.35. The third-order valence-electron chi connectivity index (χ3n) is 1.14. The summed E-state index contributed by atoms with van der Waals surface area (Å²) in [6.07, 6.45) is 5.04. The summed E-state index contributed by atoms with van der Waals surface area (Å²) in [6, 6.07) is 0. The summed E-state index contributed by atoms with van der Waals surface area (Å²) >= 11 is 1.93. The molecule has 0 aliphatic heterocycles. The summed E-state index contributed by atoms with van der Waals surface area (Å²) in [4.78, 5) is 0. The van der Waals surface area contributed by atoms with Gasteiger partial charge in [0.1, 0.15) is 0 Å². The first-order valence-electron chi connectivity index (χ1n) is 3.40. The normalized spacial score (nSPS) is 11.8. The summed E-state index contributed by atoms with van der Waals surface area (Å²) in [5.74, 6) is 0. The highest BCUT2D eigenvalue weighted by atomic mass is 127. The Morgan fingerprint density at radius 3 is 2.60 bits per heavy atom. The smallest absolute Gasteiger partial charge is 0.423 e. The molecule has 0 unspecified atom stereocenters. The lowest BCUT2D eigenvalue weighted by Crippen LogP contribution is -2.10. The van der Waals surface area contributed by atoms with Crippen molar-refractivity contribution in [2.24, 2.45) is 0 Å². The maximum Gasteiger partial charge on any atom is 0.494 e. The second-order valence-electron chi connectivity index (χ2n) is 2.10. The van der Waals surface area contributed by atoms with E-state index in [2.05, 4.69) is 6.92 Å². The summed E-state index contributed by atoms with van der Waals surface area (Å²) in [5.41, 5.74) is 0. The average molecular weight is 254 g/mol. The first-order chi connectivity index (χ1) is 4.68. The van der Waals surface area contributed by atoms with E-state index in [0.717, 1.165) is 19.3 Å². The molecular weight excluding hydrogens is 242 g/mol. The molecule has 0 aromatic rings. The maximum absolute atomic E-state index is 8.60. The van der Waals surface area contributed by atoms with Gasteiger partial charge in [0.25, 0.3) is 0 Å². The largest absolute Gasteiger partial charge is 0.494 e. The monoisotopic (exact) mass is 254 g/mol. The van der Waals surface area contributed by atoms with Gasteiger partial charge >= 0.3 is 7.12 Å². The van der Waals surface area contributed by atoms with E-state index in [-0.39, 0.29) is 0 Å². The van der Waals surface area contributed by atoms with Crippen LogP contribution in [0.2, 0.25) is 0 Å². The van der Waals surface area contributed by atoms with Crippen LogP contribution in [0.1, 0.15) is 26.2 Å². The Hall–Kier alpha value is 0.455. The van der Waals surface area contributed by atoms with Crippen molar-refractivity contribution in [2.75, 3.05) is 0 Å². The minimum atomic E-state index is -1.28. The van der Waals surface area contributed by atoms with Crippen LogP contribution in [-0.4, -0.2) is 17.2 Å². The van der Waals surface area contributed by atoms with Crippen LogP contribution in [0.5, 0.6) is 0 Å². The van der Waals surface area contributed by atoms with Crippen LogP contribution in [-0.2, 0) is 0 Å². The van der Waals surface area contributed by atoms with Crippen molar-refractivity contribution in [2.45, 2.75) is 26.2 Å². The molecule has 0 atom stereocenters. The van der Waals surface area contributed by atoms with Crippen molar-refractivity contribution in [1.82, 2.24) is 0 Å². The number of allylic oxidation sites excluding steroid dienone is 1. The Morgan fingerprint density at radius 1 is 1.60 bits per heavy atom. The fraction of sp³-hybridized carbons (Fsp3) is 0.667. The van der Waals surface area contributed by atoms with Crippen molar-refractivity contribution < 1.29 is 10.0 Å². The molecule has 2 N–H and O–H groups in total. The minimum absolute atomic E-state index is 0.617. The molecule has 0 radical (unpaired) electrons. The Bertz CT molecular complexity index is 114. The van der Waals surface area contributed by atoms with Gasteiger partial charge in [-0.3, -0.25) is 0 Å². The zero-order chi connectivity index (χ0) is 7.98. The molecule has 0 bridgehead atoms. The van der Waals surface area contributed by atoms with Gasteiger partial charge in [-0.1, -0.05) is 48.4 Å². The number of unbranched alkanes of at least 4 members (excludes halogenated alkanes) is 2. The molecule has 0 rings (SSSR count). The van der Waals surface area contributed by atoms with E-state index in [1.54, 1.807) is 0 Å². The molecule has 58 valence electrons. The van der Waals surface area contributed by atoms with Crippen LogP contribution in [0.15, 0.2) is 9.56 Å². The third kappa shape index (κ3) is 5.26. The Balaban J connectivity index is 3.48. The van der Waals surface area contributed by atoms with Gasteiger partial charge in [0.15, 0.2) is 0 Å². The van der Waals surface area contributed by atoms with E-state index >= 15 is 0 Å². The van der Waals surface area contributed by atoms with Crippen LogP contribution < -0.4 is 0 Å². The quantitative estimate of drug-likeness (QED) is 0.453. The molecule has 0 heterocycles. The van der Waals surface area contributed by atoms with Crippen LogP contribution in [0, 0.1) is 0 Å². The molecular formula is C6H12BIO2. The summed E-state index contributed by atoms with van der Waals surface area (Å²) < 4.78 is 0.617. The van der Waals surface area contributed by atoms with Gasteiger partial charge in [-0.2, -0.15) is 0 Å². The lowest BCUT2D eigenvalue weighted by Gasteiger charge is -1.94. The SMILES string of the molecule is CCCC/C=C(\I)B(O)O. The van der Waals surface area contributed by atoms with Gasteiger partial charge < -0.3 is 10.0 Å². The van der Waals surface area contributed by atoms with Gasteiger partial charge in [0.05, 0.1) is 0 Å². The second kappa shape index (κ2) is 6.18. The first kappa shape index (κ1) is 10.5. The predicted octanol–water partition coefficient (Wildman–Crippen LogP) is 1.51. The first-order valence-corrected chi connectivity index (χ1v) is 4.48. The van der Waals surface area contributed by atoms with Gasteiger partial charge in [-0.05, 0) is 6.42 Å². The lowest BCUT2D eigenvalue weighted by atomic mass is 9.91. The predicted molar refractivity (Wildman–Crippen MR) is 51.8 cm³/mol. The van der Waals surface area contributed by atoms with E-state index < -0.39 is 7.12 Å². The highest BCUT2D eigenvalue weighted by molar-refractivity contribution is 14.1. The molecule has 10 heavy (non-hydrogen) atoms. The zero-order valence-corrected chi connectivity index (χ0v) is 8.21. The molecule has 0 saturated carbocycles. The van der Waals surface area contributed by atoms with Crippen molar-refractivity contribution in [3.05, 3.63) is 9.56 Å². The summed E-state index contributed by atoms with van der Waals surface area (Å²) in [5, 5.41) is 17.2. The fourth-order valence-corrected chi connectivity index (χ4v) is 0.861. The van der Waals surface area contributed by atoms with Crippen LogP contribution >= 0.6 is 22.6 Å². The summed E-state index contributed by atoms with van der Waals surface area (Å²) in [6.45, 7) is 2.11. The van der Waals surface area contributed by atoms with Crippen LogP contribution in [0.3, 0.4) is 0 Å². The van der Waals surface area contributed by atoms with Crippen molar-refractivity contribution in [3.63, 3.8) is 0 Å². The lowest BCUT2D eigenvalue weighted by molar-refractivity contribution is 0.423. The standard InChI is InChI=1S/C6H12BIO2/c1-2-3-4-5-6(8)7(9)10/h5,9-10H,2-4H2,1H3/b6-5-. The molecule has 0 saturated heterocycles. The molecule has 0 fully saturated rings. The maximum atomic E-state index is 8.60. The molecule has 0 aliphatic rings. The van der Waals surface area contributed by atoms with E-state index in [0.29, 0.717) is 3.48 Å². The van der Waals surface area contributed by atoms with E-state index in [4.69, 9.17) is 10.0 Å². The molecule has 4 heteroatoms. The highest BCUT2D eigenvalue weighted by Gasteiger charge is 2.09. The number of hydrogen-bond donors (Lipinski definition) is 2. The highest BCUT2D eigenvalue weighted by Crippen LogP contribution is 2.09. The Kier molecular flexibility index (Phi) is 6.46.